The molecule has 0 N–H and O–H groups in total. The second kappa shape index (κ2) is 10.7. The lowest BCUT2D eigenvalue weighted by molar-refractivity contribution is 1.19. The molecule has 9 aromatic rings. The van der Waals surface area contributed by atoms with Gasteiger partial charge in [-0.25, -0.2) is 9.97 Å². The van der Waals surface area contributed by atoms with Crippen molar-refractivity contribution in [2.45, 2.75) is 0 Å². The summed E-state index contributed by atoms with van der Waals surface area (Å²) in [5.41, 5.74) is 11.0. The maximum atomic E-state index is 5.22. The van der Waals surface area contributed by atoms with Crippen LogP contribution in [0.4, 0.5) is 17.1 Å². The van der Waals surface area contributed by atoms with Gasteiger partial charge in [0.05, 0.1) is 22.8 Å². The van der Waals surface area contributed by atoms with Gasteiger partial charge in [0.25, 0.3) is 0 Å². The van der Waals surface area contributed by atoms with Gasteiger partial charge in [-0.3, -0.25) is 0 Å². The van der Waals surface area contributed by atoms with Gasteiger partial charge in [-0.15, -0.1) is 11.3 Å². The number of hydrogen-bond acceptors (Lipinski definition) is 4. The summed E-state index contributed by atoms with van der Waals surface area (Å²) in [6.07, 6.45) is 0. The number of rotatable bonds is 4. The van der Waals surface area contributed by atoms with Crippen LogP contribution in [0.2, 0.25) is 0 Å². The van der Waals surface area contributed by atoms with Gasteiger partial charge >= 0.3 is 0 Å². The zero-order valence-corrected chi connectivity index (χ0v) is 26.7. The molecule has 48 heavy (non-hydrogen) atoms. The first-order chi connectivity index (χ1) is 23.8. The van der Waals surface area contributed by atoms with Crippen LogP contribution >= 0.6 is 11.3 Å². The van der Waals surface area contributed by atoms with Crippen molar-refractivity contribution in [3.63, 3.8) is 0 Å². The van der Waals surface area contributed by atoms with Crippen LogP contribution < -0.4 is 4.90 Å². The number of fused-ring (bicyclic) bond motifs is 6. The molecule has 0 fully saturated rings. The van der Waals surface area contributed by atoms with Gasteiger partial charge < -0.3 is 4.90 Å². The van der Waals surface area contributed by atoms with Crippen molar-refractivity contribution in [3.8, 4) is 45.0 Å². The van der Waals surface area contributed by atoms with E-state index in [1.165, 1.54) is 42.4 Å². The number of hydrogen-bond donors (Lipinski definition) is 0. The van der Waals surface area contributed by atoms with Gasteiger partial charge in [0.15, 0.2) is 5.82 Å². The summed E-state index contributed by atoms with van der Waals surface area (Å²) >= 11 is 1.86. The molecule has 224 valence electrons. The van der Waals surface area contributed by atoms with Crippen molar-refractivity contribution < 1.29 is 0 Å². The van der Waals surface area contributed by atoms with E-state index in [4.69, 9.17) is 9.97 Å². The van der Waals surface area contributed by atoms with Crippen LogP contribution in [0.25, 0.3) is 76.0 Å². The van der Waals surface area contributed by atoms with Crippen molar-refractivity contribution in [1.29, 1.82) is 0 Å². The molecule has 0 radical (unpaired) electrons. The Balaban J connectivity index is 1.28. The summed E-state index contributed by atoms with van der Waals surface area (Å²) < 4.78 is 2.60. The Morgan fingerprint density at radius 2 is 1.04 bits per heavy atom. The average molecular weight is 630 g/mol. The minimum Gasteiger partial charge on any atom is -0.309 e. The van der Waals surface area contributed by atoms with E-state index in [-0.39, 0.29) is 0 Å². The van der Waals surface area contributed by atoms with E-state index in [0.717, 1.165) is 50.7 Å². The minimum atomic E-state index is 0.718. The third-order valence-electron chi connectivity index (χ3n) is 9.41. The molecule has 0 atom stereocenters. The summed E-state index contributed by atoms with van der Waals surface area (Å²) in [7, 11) is 0. The van der Waals surface area contributed by atoms with Crippen molar-refractivity contribution >= 4 is 59.3 Å². The molecule has 7 aromatic carbocycles. The standard InChI is InChI=1S/C44H27N3S/c1-4-13-28(14-5-1)36-27-37(29-15-6-2-7-16-29)46-44(45-36)34-24-23-32-33-25-26-40-42(35-19-10-11-22-39(35)48-40)43(33)47(30-17-8-3-9-18-30)38-21-12-20-31(34)41(32)38/h1-27H. The number of thiophene rings is 1. The first-order valence-corrected chi connectivity index (χ1v) is 17.0. The molecule has 0 aliphatic carbocycles. The Morgan fingerprint density at radius 3 is 1.77 bits per heavy atom. The Labute approximate surface area is 282 Å². The lowest BCUT2D eigenvalue weighted by Crippen LogP contribution is -2.15. The molecule has 0 bridgehead atoms. The van der Waals surface area contributed by atoms with Gasteiger partial charge in [-0.2, -0.15) is 0 Å². The van der Waals surface area contributed by atoms with E-state index in [9.17, 15) is 0 Å². The fourth-order valence-corrected chi connectivity index (χ4v) is 8.40. The molecule has 0 amide bonds. The zero-order chi connectivity index (χ0) is 31.6. The van der Waals surface area contributed by atoms with Crippen molar-refractivity contribution in [2.24, 2.45) is 0 Å². The molecule has 3 heterocycles. The molecular weight excluding hydrogens is 603 g/mol. The number of para-hydroxylation sites is 1. The van der Waals surface area contributed by atoms with Gasteiger partial charge in [0.2, 0.25) is 0 Å². The highest BCUT2D eigenvalue weighted by atomic mass is 32.1. The summed E-state index contributed by atoms with van der Waals surface area (Å²) in [6.45, 7) is 0. The molecule has 3 nitrogen and oxygen atoms in total. The molecule has 4 heteroatoms. The fraction of sp³-hybridized carbons (Fsp3) is 0. The summed E-state index contributed by atoms with van der Waals surface area (Å²) in [5.74, 6) is 0.718. The zero-order valence-electron chi connectivity index (χ0n) is 25.8. The topological polar surface area (TPSA) is 29.0 Å². The third kappa shape index (κ3) is 4.13. The minimum absolute atomic E-state index is 0.718. The summed E-state index contributed by atoms with van der Waals surface area (Å²) in [5, 5.41) is 4.94. The van der Waals surface area contributed by atoms with Crippen LogP contribution in [-0.2, 0) is 0 Å². The van der Waals surface area contributed by atoms with Crippen molar-refractivity contribution in [2.75, 3.05) is 4.90 Å². The largest absolute Gasteiger partial charge is 0.309 e. The molecule has 1 aliphatic heterocycles. The summed E-state index contributed by atoms with van der Waals surface area (Å²) in [4.78, 5) is 12.9. The Morgan fingerprint density at radius 1 is 0.438 bits per heavy atom. The highest BCUT2D eigenvalue weighted by molar-refractivity contribution is 7.26. The highest BCUT2D eigenvalue weighted by Crippen LogP contribution is 2.56. The van der Waals surface area contributed by atoms with E-state index in [2.05, 4.69) is 157 Å². The van der Waals surface area contributed by atoms with Crippen LogP contribution in [0.5, 0.6) is 0 Å². The SMILES string of the molecule is c1ccc(-c2cc(-c3ccccc3)nc(-c3ccc4c5c(cccc35)N(c3ccccc3)c3c-4ccc4sc5ccccc5c34)n2)cc1. The Hall–Kier alpha value is -6.10. The number of aromatic nitrogens is 2. The predicted octanol–water partition coefficient (Wildman–Crippen LogP) is 12.4. The summed E-state index contributed by atoms with van der Waals surface area (Å²) in [6, 6.07) is 58.2. The van der Waals surface area contributed by atoms with Crippen molar-refractivity contribution in [1.82, 2.24) is 9.97 Å². The highest BCUT2D eigenvalue weighted by Gasteiger charge is 2.30. The first-order valence-electron chi connectivity index (χ1n) is 16.2. The molecule has 10 rings (SSSR count). The predicted molar refractivity (Wildman–Crippen MR) is 202 cm³/mol. The normalized spacial score (nSPS) is 12.1. The molecule has 1 aliphatic rings. The fourth-order valence-electron chi connectivity index (χ4n) is 7.29. The van der Waals surface area contributed by atoms with E-state index in [1.807, 2.05) is 23.5 Å². The van der Waals surface area contributed by atoms with E-state index in [0.29, 0.717) is 0 Å². The first kappa shape index (κ1) is 27.1. The van der Waals surface area contributed by atoms with Gasteiger partial charge in [-0.05, 0) is 53.4 Å². The number of benzene rings is 7. The lowest BCUT2D eigenvalue weighted by atomic mass is 9.87. The quantitative estimate of drug-likeness (QED) is 0.194. The average Bonchev–Trinajstić information content (AvgIpc) is 3.55. The van der Waals surface area contributed by atoms with Gasteiger partial charge in [0.1, 0.15) is 0 Å². The van der Waals surface area contributed by atoms with Crippen LogP contribution in [0.3, 0.4) is 0 Å². The van der Waals surface area contributed by atoms with Gasteiger partial charge in [-0.1, -0.05) is 121 Å². The molecule has 0 saturated carbocycles. The maximum Gasteiger partial charge on any atom is 0.161 e. The lowest BCUT2D eigenvalue weighted by Gasteiger charge is -2.34. The van der Waals surface area contributed by atoms with E-state index in [1.54, 1.807) is 0 Å². The van der Waals surface area contributed by atoms with Crippen LogP contribution in [-0.4, -0.2) is 9.97 Å². The van der Waals surface area contributed by atoms with Crippen LogP contribution in [0, 0.1) is 0 Å². The second-order valence-corrected chi connectivity index (χ2v) is 13.2. The van der Waals surface area contributed by atoms with Crippen molar-refractivity contribution in [3.05, 3.63) is 164 Å². The van der Waals surface area contributed by atoms with Crippen LogP contribution in [0.1, 0.15) is 0 Å². The number of nitrogens with zero attached hydrogens (tertiary/aromatic N) is 3. The third-order valence-corrected chi connectivity index (χ3v) is 10.5. The number of anilines is 3. The monoisotopic (exact) mass is 629 g/mol. The second-order valence-electron chi connectivity index (χ2n) is 12.2. The Bertz CT molecular complexity index is 2610. The molecule has 2 aromatic heterocycles. The van der Waals surface area contributed by atoms with Gasteiger partial charge in [0, 0.05) is 53.5 Å². The van der Waals surface area contributed by atoms with Crippen LogP contribution in [0.15, 0.2) is 164 Å². The smallest absolute Gasteiger partial charge is 0.161 e. The Kier molecular flexibility index (Phi) is 6.05. The molecule has 0 spiro atoms. The maximum absolute atomic E-state index is 5.22. The van der Waals surface area contributed by atoms with E-state index >= 15 is 0 Å². The molecular formula is C44H27N3S. The van der Waals surface area contributed by atoms with E-state index < -0.39 is 0 Å². The molecule has 0 saturated heterocycles. The molecule has 0 unspecified atom stereocenters.